The SMILES string of the molecule is c1ccc(-c2ccc(-c3nc(-c4ccc(-c5ccccc5)cc4)nc(-c4cc(-c5ccccc5)cc(-c5cc(-c6ccccn6)cc(-c6ccccn6)c5)c4)n3)cc2)cc1. The van der Waals surface area contributed by atoms with Crippen LogP contribution in [0.2, 0.25) is 0 Å². The van der Waals surface area contributed by atoms with Crippen LogP contribution in [0.4, 0.5) is 0 Å². The summed E-state index contributed by atoms with van der Waals surface area (Å²) < 4.78 is 0. The van der Waals surface area contributed by atoms with Gasteiger partial charge in [-0.1, -0.05) is 152 Å². The number of hydrogen-bond donors (Lipinski definition) is 0. The molecule has 0 radical (unpaired) electrons. The van der Waals surface area contributed by atoms with Gasteiger partial charge in [0.1, 0.15) is 0 Å². The van der Waals surface area contributed by atoms with E-state index in [1.165, 1.54) is 0 Å². The van der Waals surface area contributed by atoms with Crippen LogP contribution in [0.3, 0.4) is 0 Å². The second-order valence-electron chi connectivity index (χ2n) is 14.6. The van der Waals surface area contributed by atoms with Crippen LogP contribution in [0, 0.1) is 0 Å². The van der Waals surface area contributed by atoms with Crippen molar-refractivity contribution in [1.82, 2.24) is 24.9 Å². The first-order valence-electron chi connectivity index (χ1n) is 20.0. The zero-order valence-electron chi connectivity index (χ0n) is 32.6. The van der Waals surface area contributed by atoms with Gasteiger partial charge in [0, 0.05) is 40.2 Å². The molecule has 5 nitrogen and oxygen atoms in total. The van der Waals surface area contributed by atoms with Crippen LogP contribution in [0.25, 0.3) is 101 Å². The Bertz CT molecular complexity index is 2870. The Hall–Kier alpha value is -8.15. The summed E-state index contributed by atoms with van der Waals surface area (Å²) in [6.07, 6.45) is 3.66. The fourth-order valence-corrected chi connectivity index (χ4v) is 7.53. The van der Waals surface area contributed by atoms with E-state index in [2.05, 4.69) is 158 Å². The minimum atomic E-state index is 0.583. The molecule has 0 saturated heterocycles. The summed E-state index contributed by atoms with van der Waals surface area (Å²) in [6.45, 7) is 0. The second-order valence-corrected chi connectivity index (χ2v) is 14.6. The Labute approximate surface area is 349 Å². The molecule has 10 aromatic rings. The van der Waals surface area contributed by atoms with E-state index in [9.17, 15) is 0 Å². The predicted molar refractivity (Wildman–Crippen MR) is 244 cm³/mol. The van der Waals surface area contributed by atoms with Gasteiger partial charge in [-0.25, -0.2) is 15.0 Å². The number of aromatic nitrogens is 5. The van der Waals surface area contributed by atoms with Gasteiger partial charge in [0.25, 0.3) is 0 Å². The van der Waals surface area contributed by atoms with Crippen molar-refractivity contribution in [3.05, 3.63) is 225 Å². The molecule has 0 N–H and O–H groups in total. The third-order valence-electron chi connectivity index (χ3n) is 10.6. The van der Waals surface area contributed by atoms with Crippen LogP contribution in [0.1, 0.15) is 0 Å². The Morgan fingerprint density at radius 2 is 0.483 bits per heavy atom. The summed E-state index contributed by atoms with van der Waals surface area (Å²) in [7, 11) is 0. The maximum atomic E-state index is 5.22. The molecule has 60 heavy (non-hydrogen) atoms. The lowest BCUT2D eigenvalue weighted by Crippen LogP contribution is -2.01. The molecule has 0 aliphatic rings. The maximum absolute atomic E-state index is 5.22. The lowest BCUT2D eigenvalue weighted by molar-refractivity contribution is 1.07. The van der Waals surface area contributed by atoms with Gasteiger partial charge in [-0.3, -0.25) is 9.97 Å². The minimum Gasteiger partial charge on any atom is -0.256 e. The molecule has 0 fully saturated rings. The molecule has 0 aliphatic heterocycles. The first-order valence-corrected chi connectivity index (χ1v) is 20.0. The highest BCUT2D eigenvalue weighted by Crippen LogP contribution is 2.37. The normalized spacial score (nSPS) is 11.0. The van der Waals surface area contributed by atoms with E-state index in [1.807, 2.05) is 67.0 Å². The average molecular weight is 768 g/mol. The van der Waals surface area contributed by atoms with E-state index in [0.717, 1.165) is 83.7 Å². The molecule has 0 spiro atoms. The van der Waals surface area contributed by atoms with Crippen LogP contribution in [0.15, 0.2) is 225 Å². The molecular weight excluding hydrogens is 731 g/mol. The number of rotatable bonds is 9. The molecule has 0 atom stereocenters. The molecule has 0 amide bonds. The van der Waals surface area contributed by atoms with Crippen LogP contribution < -0.4 is 0 Å². The lowest BCUT2D eigenvalue weighted by atomic mass is 9.92. The highest BCUT2D eigenvalue weighted by atomic mass is 15.0. The Balaban J connectivity index is 1.15. The summed E-state index contributed by atoms with van der Waals surface area (Å²) in [6, 6.07) is 73.3. The number of hydrogen-bond acceptors (Lipinski definition) is 5. The van der Waals surface area contributed by atoms with E-state index in [4.69, 9.17) is 24.9 Å². The van der Waals surface area contributed by atoms with Crippen molar-refractivity contribution in [2.75, 3.05) is 0 Å². The van der Waals surface area contributed by atoms with Gasteiger partial charge in [-0.2, -0.15) is 0 Å². The molecule has 0 saturated carbocycles. The fraction of sp³-hybridized carbons (Fsp3) is 0. The first kappa shape index (κ1) is 36.2. The second kappa shape index (κ2) is 16.4. The summed E-state index contributed by atoms with van der Waals surface area (Å²) in [5.74, 6) is 1.78. The van der Waals surface area contributed by atoms with Gasteiger partial charge < -0.3 is 0 Å². The van der Waals surface area contributed by atoms with Crippen molar-refractivity contribution in [1.29, 1.82) is 0 Å². The van der Waals surface area contributed by atoms with Crippen molar-refractivity contribution >= 4 is 0 Å². The summed E-state index contributed by atoms with van der Waals surface area (Å²) in [4.78, 5) is 25.0. The molecule has 0 bridgehead atoms. The van der Waals surface area contributed by atoms with E-state index < -0.39 is 0 Å². The standard InChI is InChI=1S/C55H37N5/c1-4-14-38(15-5-1)41-22-26-43(27-23-41)53-58-54(44-28-24-42(25-29-44)39-16-6-2-7-17-39)60-55(59-53)50-35-45(40-18-8-3-9-19-40)32-46(36-50)47-33-48(51-20-10-12-30-56-51)37-49(34-47)52-21-11-13-31-57-52/h1-37H. The quantitative estimate of drug-likeness (QED) is 0.146. The molecule has 282 valence electrons. The summed E-state index contributed by atoms with van der Waals surface area (Å²) in [5.41, 5.74) is 15.2. The molecule has 3 heterocycles. The zero-order chi connectivity index (χ0) is 40.1. The minimum absolute atomic E-state index is 0.583. The molecule has 0 unspecified atom stereocenters. The van der Waals surface area contributed by atoms with Crippen molar-refractivity contribution in [3.8, 4) is 101 Å². The number of pyridine rings is 2. The van der Waals surface area contributed by atoms with Crippen molar-refractivity contribution in [2.45, 2.75) is 0 Å². The third-order valence-corrected chi connectivity index (χ3v) is 10.6. The zero-order valence-corrected chi connectivity index (χ0v) is 32.6. The van der Waals surface area contributed by atoms with E-state index >= 15 is 0 Å². The van der Waals surface area contributed by atoms with Crippen molar-refractivity contribution in [3.63, 3.8) is 0 Å². The van der Waals surface area contributed by atoms with Gasteiger partial charge in [0.05, 0.1) is 11.4 Å². The van der Waals surface area contributed by atoms with Gasteiger partial charge in [-0.05, 0) is 105 Å². The third kappa shape index (κ3) is 7.76. The molecule has 7 aromatic carbocycles. The van der Waals surface area contributed by atoms with E-state index in [-0.39, 0.29) is 0 Å². The fourth-order valence-electron chi connectivity index (χ4n) is 7.53. The first-order chi connectivity index (χ1) is 29.7. The largest absolute Gasteiger partial charge is 0.256 e. The highest BCUT2D eigenvalue weighted by Gasteiger charge is 2.17. The predicted octanol–water partition coefficient (Wildman–Crippen LogP) is 13.7. The van der Waals surface area contributed by atoms with Gasteiger partial charge >= 0.3 is 0 Å². The average Bonchev–Trinajstić information content (AvgIpc) is 3.35. The Morgan fingerprint density at radius 1 is 0.200 bits per heavy atom. The van der Waals surface area contributed by atoms with Crippen LogP contribution >= 0.6 is 0 Å². The monoisotopic (exact) mass is 767 g/mol. The molecule has 0 aliphatic carbocycles. The van der Waals surface area contributed by atoms with Crippen LogP contribution in [0.5, 0.6) is 0 Å². The van der Waals surface area contributed by atoms with Gasteiger partial charge in [-0.15, -0.1) is 0 Å². The highest BCUT2D eigenvalue weighted by molar-refractivity contribution is 5.85. The number of benzene rings is 7. The molecule has 5 heteroatoms. The van der Waals surface area contributed by atoms with E-state index in [1.54, 1.807) is 0 Å². The van der Waals surface area contributed by atoms with Crippen molar-refractivity contribution < 1.29 is 0 Å². The Kier molecular flexibility index (Phi) is 9.88. The molecule has 3 aromatic heterocycles. The number of nitrogens with zero attached hydrogens (tertiary/aromatic N) is 5. The maximum Gasteiger partial charge on any atom is 0.164 e. The lowest BCUT2D eigenvalue weighted by Gasteiger charge is -2.14. The van der Waals surface area contributed by atoms with Crippen LogP contribution in [-0.2, 0) is 0 Å². The van der Waals surface area contributed by atoms with E-state index in [0.29, 0.717) is 17.5 Å². The smallest absolute Gasteiger partial charge is 0.164 e. The summed E-state index contributed by atoms with van der Waals surface area (Å²) >= 11 is 0. The molecular formula is C55H37N5. The van der Waals surface area contributed by atoms with Gasteiger partial charge in [0.2, 0.25) is 0 Å². The molecule has 10 rings (SSSR count). The Morgan fingerprint density at radius 3 is 0.883 bits per heavy atom. The van der Waals surface area contributed by atoms with Crippen molar-refractivity contribution in [2.24, 2.45) is 0 Å². The topological polar surface area (TPSA) is 64.5 Å². The van der Waals surface area contributed by atoms with Gasteiger partial charge in [0.15, 0.2) is 17.5 Å². The van der Waals surface area contributed by atoms with Crippen LogP contribution in [-0.4, -0.2) is 24.9 Å². The summed E-state index contributed by atoms with van der Waals surface area (Å²) in [5, 5.41) is 0.